The average molecular weight is 273 g/mol. The van der Waals surface area contributed by atoms with Gasteiger partial charge in [0.15, 0.2) is 0 Å². The molecule has 0 amide bonds. The van der Waals surface area contributed by atoms with Crippen molar-refractivity contribution in [1.29, 1.82) is 0 Å². The molecule has 1 aromatic rings. The van der Waals surface area contributed by atoms with Crippen LogP contribution in [0.5, 0.6) is 0 Å². The van der Waals surface area contributed by atoms with Crippen molar-refractivity contribution < 1.29 is 0 Å². The van der Waals surface area contributed by atoms with E-state index in [1.807, 2.05) is 18.2 Å². The number of benzene rings is 1. The van der Waals surface area contributed by atoms with Crippen LogP contribution in [0.4, 0.5) is 0 Å². The van der Waals surface area contributed by atoms with E-state index in [-0.39, 0.29) is 0 Å². The van der Waals surface area contributed by atoms with Gasteiger partial charge in [-0.15, -0.1) is 0 Å². The molecule has 1 aliphatic heterocycles. The van der Waals surface area contributed by atoms with Crippen molar-refractivity contribution in [3.05, 3.63) is 33.8 Å². The largest absolute Gasteiger partial charge is 0.315 e. The molecule has 1 heterocycles. The molecule has 1 N–H and O–H groups in total. The molecule has 1 fully saturated rings. The summed E-state index contributed by atoms with van der Waals surface area (Å²) >= 11 is 12.4. The highest BCUT2D eigenvalue weighted by Gasteiger charge is 2.19. The van der Waals surface area contributed by atoms with E-state index in [9.17, 15) is 0 Å². The fourth-order valence-electron chi connectivity index (χ4n) is 2.27. The molecule has 1 aromatic carbocycles. The number of nitrogens with one attached hydrogen (secondary N) is 1. The molecule has 0 unspecified atom stereocenters. The van der Waals surface area contributed by atoms with Crippen molar-refractivity contribution in [2.24, 2.45) is 0 Å². The van der Waals surface area contributed by atoms with Crippen LogP contribution in [0.25, 0.3) is 0 Å². The van der Waals surface area contributed by atoms with Gasteiger partial charge in [0.1, 0.15) is 0 Å². The van der Waals surface area contributed by atoms with Gasteiger partial charge in [-0.3, -0.25) is 4.90 Å². The van der Waals surface area contributed by atoms with E-state index in [2.05, 4.69) is 17.3 Å². The van der Waals surface area contributed by atoms with Crippen molar-refractivity contribution in [2.45, 2.75) is 25.4 Å². The molecule has 0 aromatic heterocycles. The van der Waals surface area contributed by atoms with E-state index >= 15 is 0 Å². The number of rotatable bonds is 3. The van der Waals surface area contributed by atoms with Crippen LogP contribution in [0.15, 0.2) is 18.2 Å². The quantitative estimate of drug-likeness (QED) is 0.910. The zero-order chi connectivity index (χ0) is 12.3. The Hall–Kier alpha value is -0.280. The maximum Gasteiger partial charge on any atom is 0.0465 e. The Balaban J connectivity index is 2.04. The summed E-state index contributed by atoms with van der Waals surface area (Å²) in [5.41, 5.74) is 1.03. The maximum absolute atomic E-state index is 6.19. The minimum absolute atomic E-state index is 0.580. The molecule has 4 heteroatoms. The summed E-state index contributed by atoms with van der Waals surface area (Å²) in [6.45, 7) is 3.00. The molecule has 1 saturated heterocycles. The van der Waals surface area contributed by atoms with Gasteiger partial charge in [-0.1, -0.05) is 29.3 Å². The number of piperidine rings is 1. The van der Waals surface area contributed by atoms with Crippen molar-refractivity contribution in [1.82, 2.24) is 10.2 Å². The molecular formula is C13H18Cl2N2. The highest BCUT2D eigenvalue weighted by molar-refractivity contribution is 6.35. The summed E-state index contributed by atoms with van der Waals surface area (Å²) in [6.07, 6.45) is 2.48. The third-order valence-electron chi connectivity index (χ3n) is 3.36. The first-order chi connectivity index (χ1) is 8.18. The van der Waals surface area contributed by atoms with E-state index in [1.54, 1.807) is 0 Å². The van der Waals surface area contributed by atoms with E-state index in [0.717, 1.165) is 35.2 Å². The number of hydrogen-bond acceptors (Lipinski definition) is 2. The molecule has 0 spiro atoms. The molecule has 17 heavy (non-hydrogen) atoms. The lowest BCUT2D eigenvalue weighted by atomic mass is 10.1. The fraction of sp³-hybridized carbons (Fsp3) is 0.538. The third kappa shape index (κ3) is 3.35. The molecule has 1 aliphatic rings. The van der Waals surface area contributed by atoms with Crippen LogP contribution in [0.1, 0.15) is 18.4 Å². The summed E-state index contributed by atoms with van der Waals surface area (Å²) in [5, 5.41) is 4.94. The molecular weight excluding hydrogens is 255 g/mol. The summed E-state index contributed by atoms with van der Waals surface area (Å²) in [5.74, 6) is 0. The van der Waals surface area contributed by atoms with Gasteiger partial charge in [0, 0.05) is 34.7 Å². The Morgan fingerprint density at radius 2 is 2.06 bits per heavy atom. The first-order valence-corrected chi connectivity index (χ1v) is 6.78. The van der Waals surface area contributed by atoms with Crippen LogP contribution in [-0.4, -0.2) is 31.1 Å². The van der Waals surface area contributed by atoms with Gasteiger partial charge >= 0.3 is 0 Å². The number of hydrogen-bond donors (Lipinski definition) is 1. The third-order valence-corrected chi connectivity index (χ3v) is 4.07. The average Bonchev–Trinajstić information content (AvgIpc) is 2.35. The second kappa shape index (κ2) is 6.05. The Kier molecular flexibility index (Phi) is 4.69. The Morgan fingerprint density at radius 3 is 2.65 bits per heavy atom. The first kappa shape index (κ1) is 13.2. The topological polar surface area (TPSA) is 15.3 Å². The lowest BCUT2D eigenvalue weighted by Gasteiger charge is -2.32. The molecule has 94 valence electrons. The second-order valence-electron chi connectivity index (χ2n) is 4.62. The molecule has 0 bridgehead atoms. The van der Waals surface area contributed by atoms with Gasteiger partial charge in [0.05, 0.1) is 0 Å². The van der Waals surface area contributed by atoms with Crippen LogP contribution in [0.2, 0.25) is 10.0 Å². The van der Waals surface area contributed by atoms with Gasteiger partial charge in [-0.2, -0.15) is 0 Å². The summed E-state index contributed by atoms with van der Waals surface area (Å²) in [4.78, 5) is 2.33. The van der Waals surface area contributed by atoms with Crippen LogP contribution in [-0.2, 0) is 6.54 Å². The van der Waals surface area contributed by atoms with Gasteiger partial charge in [0.2, 0.25) is 0 Å². The smallest absolute Gasteiger partial charge is 0.0465 e. The highest BCUT2D eigenvalue weighted by atomic mass is 35.5. The SMILES string of the molecule is CN(Cc1c(Cl)cccc1Cl)[C@H]1CCCNC1. The zero-order valence-electron chi connectivity index (χ0n) is 10.0. The van der Waals surface area contributed by atoms with E-state index in [4.69, 9.17) is 23.2 Å². The molecule has 2 rings (SSSR count). The van der Waals surface area contributed by atoms with Gasteiger partial charge in [-0.05, 0) is 38.6 Å². The summed E-state index contributed by atoms with van der Waals surface area (Å²) < 4.78 is 0. The molecule has 2 nitrogen and oxygen atoms in total. The van der Waals surface area contributed by atoms with Gasteiger partial charge in [0.25, 0.3) is 0 Å². The van der Waals surface area contributed by atoms with E-state index in [0.29, 0.717) is 6.04 Å². The van der Waals surface area contributed by atoms with Crippen molar-refractivity contribution in [3.63, 3.8) is 0 Å². The molecule has 0 saturated carbocycles. The number of likely N-dealkylation sites (N-methyl/N-ethyl adjacent to an activating group) is 1. The van der Waals surface area contributed by atoms with Gasteiger partial charge < -0.3 is 5.32 Å². The Labute approximate surface area is 113 Å². The second-order valence-corrected chi connectivity index (χ2v) is 5.43. The predicted octanol–water partition coefficient (Wildman–Crippen LogP) is 3.18. The Bertz CT molecular complexity index is 355. The summed E-state index contributed by atoms with van der Waals surface area (Å²) in [7, 11) is 2.14. The van der Waals surface area contributed by atoms with Gasteiger partial charge in [-0.25, -0.2) is 0 Å². The minimum atomic E-state index is 0.580. The fourth-order valence-corrected chi connectivity index (χ4v) is 2.79. The van der Waals surface area contributed by atoms with E-state index in [1.165, 1.54) is 12.8 Å². The standard InChI is InChI=1S/C13H18Cl2N2/c1-17(10-4-3-7-16-8-10)9-11-12(14)5-2-6-13(11)15/h2,5-6,10,16H,3-4,7-9H2,1H3/t10-/m0/s1. The van der Waals surface area contributed by atoms with Crippen LogP contribution < -0.4 is 5.32 Å². The number of halogens is 2. The van der Waals surface area contributed by atoms with Crippen molar-refractivity contribution in [2.75, 3.05) is 20.1 Å². The molecule has 0 aliphatic carbocycles. The minimum Gasteiger partial charge on any atom is -0.315 e. The number of nitrogens with zero attached hydrogens (tertiary/aromatic N) is 1. The normalized spacial score (nSPS) is 20.8. The highest BCUT2D eigenvalue weighted by Crippen LogP contribution is 2.26. The lowest BCUT2D eigenvalue weighted by molar-refractivity contribution is 0.196. The maximum atomic E-state index is 6.19. The van der Waals surface area contributed by atoms with Crippen LogP contribution in [0.3, 0.4) is 0 Å². The lowest BCUT2D eigenvalue weighted by Crippen LogP contribution is -2.43. The summed E-state index contributed by atoms with van der Waals surface area (Å²) in [6, 6.07) is 6.26. The van der Waals surface area contributed by atoms with Crippen molar-refractivity contribution >= 4 is 23.2 Å². The molecule has 1 atom stereocenters. The Morgan fingerprint density at radius 1 is 1.35 bits per heavy atom. The van der Waals surface area contributed by atoms with E-state index < -0.39 is 0 Å². The zero-order valence-corrected chi connectivity index (χ0v) is 11.6. The molecule has 0 radical (unpaired) electrons. The first-order valence-electron chi connectivity index (χ1n) is 6.02. The van der Waals surface area contributed by atoms with Crippen LogP contribution >= 0.6 is 23.2 Å². The van der Waals surface area contributed by atoms with Crippen molar-refractivity contribution in [3.8, 4) is 0 Å². The van der Waals surface area contributed by atoms with Crippen LogP contribution in [0, 0.1) is 0 Å². The predicted molar refractivity (Wildman–Crippen MR) is 73.8 cm³/mol. The monoisotopic (exact) mass is 272 g/mol.